The van der Waals surface area contributed by atoms with Crippen molar-refractivity contribution in [3.63, 3.8) is 0 Å². The summed E-state index contributed by atoms with van der Waals surface area (Å²) in [5, 5.41) is 0.931. The van der Waals surface area contributed by atoms with Crippen LogP contribution in [0.5, 0.6) is 11.5 Å². The van der Waals surface area contributed by atoms with E-state index in [2.05, 4.69) is 0 Å². The molecule has 8 heteroatoms. The van der Waals surface area contributed by atoms with Crippen LogP contribution in [0.2, 0.25) is 0 Å². The van der Waals surface area contributed by atoms with Crippen LogP contribution in [0.15, 0.2) is 60.5 Å². The van der Waals surface area contributed by atoms with E-state index in [-0.39, 0.29) is 40.6 Å². The van der Waals surface area contributed by atoms with E-state index in [4.69, 9.17) is 9.47 Å². The number of para-hydroxylation sites is 1. The molecule has 0 bridgehead atoms. The summed E-state index contributed by atoms with van der Waals surface area (Å²) in [6.07, 6.45) is 3.26. The van der Waals surface area contributed by atoms with Crippen LogP contribution < -0.4 is 9.47 Å². The lowest BCUT2D eigenvalue weighted by Gasteiger charge is -2.26. The Balaban J connectivity index is 1.48. The quantitative estimate of drug-likeness (QED) is 0.163. The molecule has 0 radical (unpaired) electrons. The van der Waals surface area contributed by atoms with E-state index in [0.29, 0.717) is 5.56 Å². The zero-order valence-electron chi connectivity index (χ0n) is 18.3. The fourth-order valence-electron chi connectivity index (χ4n) is 4.80. The molecule has 35 heavy (non-hydrogen) atoms. The van der Waals surface area contributed by atoms with Crippen LogP contribution in [0.4, 0.5) is 13.2 Å². The molecule has 2 aliphatic heterocycles. The zero-order chi connectivity index (χ0) is 24.4. The van der Waals surface area contributed by atoms with Crippen LogP contribution in [0.25, 0.3) is 17.0 Å². The molecule has 3 aromatic carbocycles. The Hall–Kier alpha value is -4.33. The van der Waals surface area contributed by atoms with Crippen molar-refractivity contribution < 1.29 is 32.2 Å². The summed E-state index contributed by atoms with van der Waals surface area (Å²) in [5.41, 5.74) is 2.34. The van der Waals surface area contributed by atoms with E-state index in [1.807, 2.05) is 42.1 Å². The van der Waals surface area contributed by atoms with Gasteiger partial charge in [0.05, 0.1) is 12.0 Å². The number of aryl methyl sites for hydroxylation is 1. The third-order valence-electron chi connectivity index (χ3n) is 6.40. The lowest BCUT2D eigenvalue weighted by Crippen LogP contribution is -2.22. The molecule has 5 nitrogen and oxygen atoms in total. The highest BCUT2D eigenvalue weighted by atomic mass is 19.2. The molecular formula is C27H16F3NO4. The summed E-state index contributed by atoms with van der Waals surface area (Å²) in [7, 11) is 1.90. The Morgan fingerprint density at radius 3 is 2.51 bits per heavy atom. The Morgan fingerprint density at radius 1 is 1.00 bits per heavy atom. The lowest BCUT2D eigenvalue weighted by atomic mass is 9.84. The highest BCUT2D eigenvalue weighted by molar-refractivity contribution is 6.15. The lowest BCUT2D eigenvalue weighted by molar-refractivity contribution is -0.135. The van der Waals surface area contributed by atoms with Gasteiger partial charge in [0.15, 0.2) is 23.2 Å². The standard InChI is InChI=1S/C27H16F3NO4/c1-31-12-14(15-4-2-3-5-20(15)31)10-22-26(33)16-6-7-21-24(27(16)35-22)17(11-23(32)34-21)13-8-18(28)25(30)19(29)9-13/h2-10,12,17H,11H2,1H3/b22-10+/t17-/m0/s1. The monoisotopic (exact) mass is 475 g/mol. The molecule has 2 aliphatic rings. The van der Waals surface area contributed by atoms with Crippen molar-refractivity contribution in [1.82, 2.24) is 4.57 Å². The predicted molar refractivity (Wildman–Crippen MR) is 121 cm³/mol. The van der Waals surface area contributed by atoms with Crippen molar-refractivity contribution in [3.05, 3.63) is 100 Å². The first-order chi connectivity index (χ1) is 16.8. The van der Waals surface area contributed by atoms with Crippen LogP contribution in [0.1, 0.15) is 39.4 Å². The first-order valence-corrected chi connectivity index (χ1v) is 10.8. The van der Waals surface area contributed by atoms with Gasteiger partial charge in [0.25, 0.3) is 0 Å². The van der Waals surface area contributed by atoms with Crippen LogP contribution in [0.3, 0.4) is 0 Å². The minimum Gasteiger partial charge on any atom is -0.452 e. The maximum Gasteiger partial charge on any atom is 0.312 e. The SMILES string of the molecule is Cn1cc(/C=C2/Oc3c(ccc4c3[C@H](c3cc(F)c(F)c(F)c3)CC(=O)O4)C2=O)c2ccccc21. The van der Waals surface area contributed by atoms with Gasteiger partial charge < -0.3 is 14.0 Å². The van der Waals surface area contributed by atoms with Gasteiger partial charge in [-0.05, 0) is 42.0 Å². The number of Topliss-reactive ketones (excluding diaryl/α,β-unsaturated/α-hetero) is 1. The van der Waals surface area contributed by atoms with E-state index in [0.717, 1.165) is 28.6 Å². The highest BCUT2D eigenvalue weighted by Gasteiger charge is 2.39. The molecule has 0 saturated carbocycles. The number of ketones is 1. The molecule has 1 aromatic heterocycles. The third kappa shape index (κ3) is 3.24. The number of carbonyl (C=O) groups is 2. The molecule has 0 saturated heterocycles. The molecular weight excluding hydrogens is 459 g/mol. The fourth-order valence-corrected chi connectivity index (χ4v) is 4.80. The number of halogens is 3. The minimum absolute atomic E-state index is 0.0373. The summed E-state index contributed by atoms with van der Waals surface area (Å²) < 4.78 is 54.9. The van der Waals surface area contributed by atoms with Gasteiger partial charge in [-0.1, -0.05) is 18.2 Å². The van der Waals surface area contributed by atoms with Crippen molar-refractivity contribution in [1.29, 1.82) is 0 Å². The number of hydrogen-bond acceptors (Lipinski definition) is 4. The molecule has 4 aromatic rings. The Kier molecular flexibility index (Phi) is 4.60. The van der Waals surface area contributed by atoms with Crippen molar-refractivity contribution in [2.45, 2.75) is 12.3 Å². The van der Waals surface area contributed by atoms with Crippen molar-refractivity contribution in [3.8, 4) is 11.5 Å². The first kappa shape index (κ1) is 21.2. The van der Waals surface area contributed by atoms with Gasteiger partial charge in [-0.15, -0.1) is 0 Å². The molecule has 0 amide bonds. The second-order valence-electron chi connectivity index (χ2n) is 8.54. The minimum atomic E-state index is -1.60. The number of nitrogens with zero attached hydrogens (tertiary/aromatic N) is 1. The summed E-state index contributed by atoms with van der Waals surface area (Å²) in [5.74, 6) is -5.89. The smallest absolute Gasteiger partial charge is 0.312 e. The van der Waals surface area contributed by atoms with Gasteiger partial charge in [0.2, 0.25) is 5.78 Å². The van der Waals surface area contributed by atoms with Gasteiger partial charge >= 0.3 is 5.97 Å². The van der Waals surface area contributed by atoms with Gasteiger partial charge in [0.1, 0.15) is 11.5 Å². The van der Waals surface area contributed by atoms with E-state index in [1.165, 1.54) is 12.1 Å². The second-order valence-corrected chi connectivity index (χ2v) is 8.54. The number of aromatic nitrogens is 1. The molecule has 0 unspecified atom stereocenters. The van der Waals surface area contributed by atoms with Gasteiger partial charge in [-0.25, -0.2) is 13.2 Å². The molecule has 0 spiro atoms. The van der Waals surface area contributed by atoms with Crippen molar-refractivity contribution in [2.24, 2.45) is 7.05 Å². The molecule has 3 heterocycles. The van der Waals surface area contributed by atoms with E-state index >= 15 is 0 Å². The number of esters is 1. The first-order valence-electron chi connectivity index (χ1n) is 10.8. The van der Waals surface area contributed by atoms with Gasteiger partial charge in [-0.3, -0.25) is 9.59 Å². The number of benzene rings is 3. The van der Waals surface area contributed by atoms with Gasteiger partial charge in [0, 0.05) is 41.2 Å². The molecule has 0 N–H and O–H groups in total. The topological polar surface area (TPSA) is 57.5 Å². The molecule has 1 atom stereocenters. The number of allylic oxidation sites excluding steroid dienone is 1. The molecule has 174 valence electrons. The van der Waals surface area contributed by atoms with Crippen LogP contribution in [-0.4, -0.2) is 16.3 Å². The summed E-state index contributed by atoms with van der Waals surface area (Å²) >= 11 is 0. The Bertz CT molecular complexity index is 1600. The summed E-state index contributed by atoms with van der Waals surface area (Å²) in [6.45, 7) is 0. The number of fused-ring (bicyclic) bond motifs is 4. The Morgan fingerprint density at radius 2 is 1.74 bits per heavy atom. The average Bonchev–Trinajstić information content (AvgIpc) is 3.33. The number of hydrogen-bond donors (Lipinski definition) is 0. The molecule has 6 rings (SSSR count). The maximum atomic E-state index is 14.0. The fraction of sp³-hybridized carbons (Fsp3) is 0.111. The number of ether oxygens (including phenoxy) is 2. The number of rotatable bonds is 2. The number of carbonyl (C=O) groups excluding carboxylic acids is 2. The van der Waals surface area contributed by atoms with Crippen molar-refractivity contribution >= 4 is 28.7 Å². The Labute approximate surface area is 197 Å². The third-order valence-corrected chi connectivity index (χ3v) is 6.40. The van der Waals surface area contributed by atoms with Gasteiger partial charge in [-0.2, -0.15) is 0 Å². The normalized spacial score (nSPS) is 17.9. The molecule has 0 aliphatic carbocycles. The van der Waals surface area contributed by atoms with E-state index in [9.17, 15) is 22.8 Å². The van der Waals surface area contributed by atoms with Crippen LogP contribution >= 0.6 is 0 Å². The van der Waals surface area contributed by atoms with Crippen LogP contribution in [-0.2, 0) is 11.8 Å². The zero-order valence-corrected chi connectivity index (χ0v) is 18.3. The highest BCUT2D eigenvalue weighted by Crippen LogP contribution is 2.49. The largest absolute Gasteiger partial charge is 0.452 e. The predicted octanol–water partition coefficient (Wildman–Crippen LogP) is 5.65. The molecule has 0 fully saturated rings. The summed E-state index contributed by atoms with van der Waals surface area (Å²) in [4.78, 5) is 25.5. The van der Waals surface area contributed by atoms with E-state index in [1.54, 1.807) is 6.08 Å². The van der Waals surface area contributed by atoms with E-state index < -0.39 is 29.3 Å². The maximum absolute atomic E-state index is 14.0. The second kappa shape index (κ2) is 7.59. The summed E-state index contributed by atoms with van der Waals surface area (Å²) in [6, 6.07) is 12.3. The average molecular weight is 475 g/mol. The van der Waals surface area contributed by atoms with Crippen molar-refractivity contribution in [2.75, 3.05) is 0 Å². The van der Waals surface area contributed by atoms with Crippen LogP contribution in [0, 0.1) is 17.5 Å².